The van der Waals surface area contributed by atoms with Gasteiger partial charge in [-0.25, -0.2) is 4.79 Å². The molecule has 0 spiro atoms. The number of H-pyrrole nitrogens is 1. The Morgan fingerprint density at radius 2 is 1.77 bits per heavy atom. The Hall–Kier alpha value is -3.39. The number of aromatic nitrogens is 2. The number of hydrogen-bond donors (Lipinski definition) is 1. The molecule has 1 aliphatic rings. The van der Waals surface area contributed by atoms with E-state index in [-0.39, 0.29) is 12.5 Å². The lowest BCUT2D eigenvalue weighted by Crippen LogP contribution is -2.50. The van der Waals surface area contributed by atoms with Crippen molar-refractivity contribution < 1.29 is 14.1 Å². The Morgan fingerprint density at radius 1 is 1.03 bits per heavy atom. The smallest absolute Gasteiger partial charge is 0.439 e. The van der Waals surface area contributed by atoms with Crippen molar-refractivity contribution in [3.05, 3.63) is 70.7 Å². The molecule has 30 heavy (non-hydrogen) atoms. The predicted octanol–water partition coefficient (Wildman–Crippen LogP) is 1.80. The molecule has 1 aliphatic heterocycles. The van der Waals surface area contributed by atoms with Gasteiger partial charge in [-0.2, -0.15) is 0 Å². The maximum absolute atomic E-state index is 12.5. The topological polar surface area (TPSA) is 91.7 Å². The van der Waals surface area contributed by atoms with E-state index in [0.717, 1.165) is 39.1 Å². The summed E-state index contributed by atoms with van der Waals surface area (Å²) in [5, 5.41) is 3.64. The van der Waals surface area contributed by atoms with Crippen LogP contribution in [0.15, 0.2) is 63.9 Å². The number of piperazine rings is 1. The molecule has 1 amide bonds. The van der Waals surface area contributed by atoms with Crippen LogP contribution in [0.5, 0.6) is 5.75 Å². The van der Waals surface area contributed by atoms with E-state index < -0.39 is 5.76 Å². The van der Waals surface area contributed by atoms with Gasteiger partial charge in [-0.05, 0) is 36.2 Å². The standard InChI is InChI=1S/C22H24N4O4/c27-20(16-29-19-8-6-18(7-9-19)21-23-22(28)30-24-21)26-14-12-25(13-15-26)11-10-17-4-2-1-3-5-17/h1-9H,10-16H2,(H,23,24,28). The summed E-state index contributed by atoms with van der Waals surface area (Å²) < 4.78 is 10.1. The van der Waals surface area contributed by atoms with Crippen LogP contribution in [0.3, 0.4) is 0 Å². The summed E-state index contributed by atoms with van der Waals surface area (Å²) >= 11 is 0. The van der Waals surface area contributed by atoms with E-state index in [0.29, 0.717) is 17.1 Å². The molecule has 8 nitrogen and oxygen atoms in total. The van der Waals surface area contributed by atoms with Gasteiger partial charge >= 0.3 is 5.76 Å². The largest absolute Gasteiger partial charge is 0.484 e. The summed E-state index contributed by atoms with van der Waals surface area (Å²) in [5.74, 6) is 0.325. The summed E-state index contributed by atoms with van der Waals surface area (Å²) in [4.78, 5) is 30.2. The van der Waals surface area contributed by atoms with Gasteiger partial charge < -0.3 is 9.64 Å². The van der Waals surface area contributed by atoms with Crippen LogP contribution in [0.1, 0.15) is 5.56 Å². The SMILES string of the molecule is O=C(COc1ccc(-c2noc(=O)[nH]2)cc1)N1CCN(CCc2ccccc2)CC1. The quantitative estimate of drug-likeness (QED) is 0.641. The number of amides is 1. The lowest BCUT2D eigenvalue weighted by molar-refractivity contribution is -0.135. The number of carbonyl (C=O) groups is 1. The molecule has 1 N–H and O–H groups in total. The van der Waals surface area contributed by atoms with Crippen LogP contribution in [0.4, 0.5) is 0 Å². The van der Waals surface area contributed by atoms with E-state index in [1.807, 2.05) is 11.0 Å². The molecular weight excluding hydrogens is 384 g/mol. The van der Waals surface area contributed by atoms with Crippen molar-refractivity contribution in [2.75, 3.05) is 39.3 Å². The normalized spacial score (nSPS) is 14.6. The van der Waals surface area contributed by atoms with Gasteiger partial charge in [0.25, 0.3) is 5.91 Å². The third kappa shape index (κ3) is 5.15. The van der Waals surface area contributed by atoms with Gasteiger partial charge in [0.1, 0.15) is 5.75 Å². The molecule has 4 rings (SSSR count). The number of carbonyl (C=O) groups excluding carboxylic acids is 1. The van der Waals surface area contributed by atoms with Crippen molar-refractivity contribution >= 4 is 5.91 Å². The first-order valence-corrected chi connectivity index (χ1v) is 10.0. The third-order valence-electron chi connectivity index (χ3n) is 5.21. The van der Waals surface area contributed by atoms with Crippen LogP contribution >= 0.6 is 0 Å². The first-order chi connectivity index (χ1) is 14.7. The number of ether oxygens (including phenoxy) is 1. The van der Waals surface area contributed by atoms with Crippen molar-refractivity contribution in [3.63, 3.8) is 0 Å². The van der Waals surface area contributed by atoms with Crippen LogP contribution in [0.25, 0.3) is 11.4 Å². The molecule has 0 unspecified atom stereocenters. The molecule has 0 radical (unpaired) electrons. The molecule has 3 aromatic rings. The Balaban J connectivity index is 1.20. The Kier molecular flexibility index (Phi) is 6.24. The fourth-order valence-electron chi connectivity index (χ4n) is 3.45. The van der Waals surface area contributed by atoms with Gasteiger partial charge in [0.05, 0.1) is 0 Å². The highest BCUT2D eigenvalue weighted by atomic mass is 16.5. The minimum atomic E-state index is -0.601. The monoisotopic (exact) mass is 408 g/mol. The predicted molar refractivity (Wildman–Crippen MR) is 111 cm³/mol. The van der Waals surface area contributed by atoms with E-state index in [1.54, 1.807) is 24.3 Å². The average molecular weight is 408 g/mol. The van der Waals surface area contributed by atoms with Gasteiger partial charge in [0, 0.05) is 38.3 Å². The molecule has 1 saturated heterocycles. The number of nitrogens with zero attached hydrogens (tertiary/aromatic N) is 3. The minimum Gasteiger partial charge on any atom is -0.484 e. The fraction of sp³-hybridized carbons (Fsp3) is 0.318. The number of rotatable bonds is 7. The molecule has 0 saturated carbocycles. The van der Waals surface area contributed by atoms with E-state index in [9.17, 15) is 9.59 Å². The van der Waals surface area contributed by atoms with Crippen LogP contribution in [-0.2, 0) is 11.2 Å². The molecule has 8 heteroatoms. The second-order valence-corrected chi connectivity index (χ2v) is 7.21. The minimum absolute atomic E-state index is 0.00412. The van der Waals surface area contributed by atoms with Crippen LogP contribution in [0, 0.1) is 0 Å². The van der Waals surface area contributed by atoms with Crippen LogP contribution in [-0.4, -0.2) is 65.2 Å². The van der Waals surface area contributed by atoms with Crippen LogP contribution in [0.2, 0.25) is 0 Å². The zero-order valence-corrected chi connectivity index (χ0v) is 16.6. The number of aromatic amines is 1. The van der Waals surface area contributed by atoms with Gasteiger partial charge in [0.15, 0.2) is 12.4 Å². The zero-order valence-electron chi connectivity index (χ0n) is 16.6. The highest BCUT2D eigenvalue weighted by Gasteiger charge is 2.21. The van der Waals surface area contributed by atoms with Gasteiger partial charge in [-0.3, -0.25) is 19.2 Å². The van der Waals surface area contributed by atoms with Crippen molar-refractivity contribution in [1.29, 1.82) is 0 Å². The summed E-state index contributed by atoms with van der Waals surface area (Å²) in [5.41, 5.74) is 2.04. The van der Waals surface area contributed by atoms with Crippen molar-refractivity contribution in [2.45, 2.75) is 6.42 Å². The molecule has 0 aliphatic carbocycles. The molecule has 2 heterocycles. The zero-order chi connectivity index (χ0) is 20.8. The first-order valence-electron chi connectivity index (χ1n) is 10.0. The lowest BCUT2D eigenvalue weighted by Gasteiger charge is -2.34. The third-order valence-corrected chi connectivity index (χ3v) is 5.21. The number of nitrogens with one attached hydrogen (secondary N) is 1. The summed E-state index contributed by atoms with van der Waals surface area (Å²) in [7, 11) is 0. The lowest BCUT2D eigenvalue weighted by atomic mass is 10.1. The second-order valence-electron chi connectivity index (χ2n) is 7.21. The highest BCUT2D eigenvalue weighted by Crippen LogP contribution is 2.18. The van der Waals surface area contributed by atoms with E-state index >= 15 is 0 Å². The van der Waals surface area contributed by atoms with Crippen molar-refractivity contribution in [3.8, 4) is 17.1 Å². The maximum Gasteiger partial charge on any atom is 0.439 e. The highest BCUT2D eigenvalue weighted by molar-refractivity contribution is 5.78. The molecule has 0 atom stereocenters. The first kappa shape index (κ1) is 19.9. The molecule has 156 valence electrons. The van der Waals surface area contributed by atoms with Crippen LogP contribution < -0.4 is 10.5 Å². The molecule has 2 aromatic carbocycles. The molecule has 1 aromatic heterocycles. The molecular formula is C22H24N4O4. The number of hydrogen-bond acceptors (Lipinski definition) is 6. The summed E-state index contributed by atoms with van der Waals surface area (Å²) in [6.07, 6.45) is 1.02. The van der Waals surface area contributed by atoms with E-state index in [1.165, 1.54) is 5.56 Å². The molecule has 1 fully saturated rings. The summed E-state index contributed by atoms with van der Waals surface area (Å²) in [6.45, 7) is 4.20. The maximum atomic E-state index is 12.5. The van der Waals surface area contributed by atoms with Gasteiger partial charge in [0.2, 0.25) is 0 Å². The average Bonchev–Trinajstić information content (AvgIpc) is 3.24. The van der Waals surface area contributed by atoms with Crippen molar-refractivity contribution in [1.82, 2.24) is 19.9 Å². The Bertz CT molecular complexity index is 1010. The summed E-state index contributed by atoms with van der Waals surface area (Å²) in [6, 6.07) is 17.4. The van der Waals surface area contributed by atoms with Crippen molar-refractivity contribution in [2.24, 2.45) is 0 Å². The van der Waals surface area contributed by atoms with E-state index in [2.05, 4.69) is 43.8 Å². The Morgan fingerprint density at radius 3 is 2.43 bits per heavy atom. The number of benzene rings is 2. The van der Waals surface area contributed by atoms with Gasteiger partial charge in [-0.15, -0.1) is 0 Å². The van der Waals surface area contributed by atoms with Gasteiger partial charge in [-0.1, -0.05) is 35.5 Å². The fourth-order valence-corrected chi connectivity index (χ4v) is 3.45. The Labute approximate surface area is 174 Å². The molecule has 0 bridgehead atoms. The second kappa shape index (κ2) is 9.41. The van der Waals surface area contributed by atoms with E-state index in [4.69, 9.17) is 4.74 Å².